The van der Waals surface area contributed by atoms with Crippen LogP contribution in [0.1, 0.15) is 34.6 Å². The number of amides is 2. The number of benzene rings is 4. The SMILES string of the molecule is CCOC(=O)c1ccc(NC(=O)C(C)Sc2cccc(NC(=O)c3ccc4ccccc4c3)c2)cc1. The summed E-state index contributed by atoms with van der Waals surface area (Å²) in [4.78, 5) is 38.1. The predicted octanol–water partition coefficient (Wildman–Crippen LogP) is 6.39. The zero-order valence-corrected chi connectivity index (χ0v) is 20.8. The highest BCUT2D eigenvalue weighted by molar-refractivity contribution is 8.00. The van der Waals surface area contributed by atoms with Gasteiger partial charge >= 0.3 is 5.97 Å². The number of rotatable bonds is 8. The van der Waals surface area contributed by atoms with E-state index in [2.05, 4.69) is 10.6 Å². The average molecular weight is 499 g/mol. The molecule has 0 heterocycles. The lowest BCUT2D eigenvalue weighted by molar-refractivity contribution is -0.115. The Labute approximate surface area is 214 Å². The lowest BCUT2D eigenvalue weighted by Gasteiger charge is -2.13. The minimum absolute atomic E-state index is 0.172. The van der Waals surface area contributed by atoms with Crippen LogP contribution in [-0.4, -0.2) is 29.6 Å². The summed E-state index contributed by atoms with van der Waals surface area (Å²) < 4.78 is 4.97. The first-order chi connectivity index (χ1) is 17.4. The van der Waals surface area contributed by atoms with Gasteiger partial charge in [-0.2, -0.15) is 0 Å². The maximum absolute atomic E-state index is 12.8. The van der Waals surface area contributed by atoms with Crippen LogP contribution in [0.5, 0.6) is 0 Å². The summed E-state index contributed by atoms with van der Waals surface area (Å²) in [5.41, 5.74) is 2.26. The van der Waals surface area contributed by atoms with Crippen molar-refractivity contribution in [2.24, 2.45) is 0 Å². The highest BCUT2D eigenvalue weighted by atomic mass is 32.2. The minimum atomic E-state index is -0.396. The molecule has 0 bridgehead atoms. The number of carbonyl (C=O) groups excluding carboxylic acids is 3. The maximum Gasteiger partial charge on any atom is 0.338 e. The van der Waals surface area contributed by atoms with E-state index in [-0.39, 0.29) is 17.1 Å². The molecule has 182 valence electrons. The lowest BCUT2D eigenvalue weighted by atomic mass is 10.1. The largest absolute Gasteiger partial charge is 0.462 e. The van der Waals surface area contributed by atoms with Crippen molar-refractivity contribution < 1.29 is 19.1 Å². The van der Waals surface area contributed by atoms with Gasteiger partial charge in [-0.25, -0.2) is 4.79 Å². The number of thioether (sulfide) groups is 1. The Hall–Kier alpha value is -4.10. The molecular formula is C29H26N2O4S. The van der Waals surface area contributed by atoms with Gasteiger partial charge in [0.05, 0.1) is 17.4 Å². The summed E-state index contributed by atoms with van der Waals surface area (Å²) in [5, 5.41) is 7.49. The van der Waals surface area contributed by atoms with Crippen molar-refractivity contribution in [3.05, 3.63) is 102 Å². The summed E-state index contributed by atoms with van der Waals surface area (Å²) in [6, 6.07) is 27.5. The fourth-order valence-electron chi connectivity index (χ4n) is 3.59. The molecule has 0 radical (unpaired) electrons. The third-order valence-corrected chi connectivity index (χ3v) is 6.54. The first-order valence-electron chi connectivity index (χ1n) is 11.6. The molecule has 0 spiro atoms. The molecule has 36 heavy (non-hydrogen) atoms. The summed E-state index contributed by atoms with van der Waals surface area (Å²) in [5.74, 6) is -0.763. The monoisotopic (exact) mass is 498 g/mol. The molecule has 4 aromatic carbocycles. The molecule has 1 atom stereocenters. The van der Waals surface area contributed by atoms with Crippen LogP contribution in [0.25, 0.3) is 10.8 Å². The van der Waals surface area contributed by atoms with E-state index in [4.69, 9.17) is 4.74 Å². The number of esters is 1. The van der Waals surface area contributed by atoms with E-state index in [1.54, 1.807) is 31.2 Å². The molecule has 2 amide bonds. The molecule has 0 aliphatic rings. The molecule has 0 aliphatic heterocycles. The summed E-state index contributed by atoms with van der Waals surface area (Å²) in [6.45, 7) is 3.87. The Morgan fingerprint density at radius 3 is 2.25 bits per heavy atom. The molecule has 6 nitrogen and oxygen atoms in total. The van der Waals surface area contributed by atoms with E-state index in [9.17, 15) is 14.4 Å². The van der Waals surface area contributed by atoms with Crippen LogP contribution in [0.3, 0.4) is 0 Å². The minimum Gasteiger partial charge on any atom is -0.462 e. The molecular weight excluding hydrogens is 472 g/mol. The normalized spacial score (nSPS) is 11.5. The fourth-order valence-corrected chi connectivity index (χ4v) is 4.51. The first-order valence-corrected chi connectivity index (χ1v) is 12.5. The van der Waals surface area contributed by atoms with Gasteiger partial charge in [-0.05, 0) is 79.2 Å². The van der Waals surface area contributed by atoms with Crippen molar-refractivity contribution >= 4 is 51.7 Å². The Kier molecular flexibility index (Phi) is 8.02. The van der Waals surface area contributed by atoms with Gasteiger partial charge in [0, 0.05) is 21.8 Å². The van der Waals surface area contributed by atoms with Crippen LogP contribution in [-0.2, 0) is 9.53 Å². The van der Waals surface area contributed by atoms with Crippen molar-refractivity contribution in [2.75, 3.05) is 17.2 Å². The van der Waals surface area contributed by atoms with E-state index < -0.39 is 5.97 Å². The third kappa shape index (κ3) is 6.31. The Balaban J connectivity index is 1.36. The molecule has 7 heteroatoms. The van der Waals surface area contributed by atoms with Gasteiger partial charge in [0.1, 0.15) is 0 Å². The molecule has 0 saturated heterocycles. The van der Waals surface area contributed by atoms with E-state index in [1.165, 1.54) is 11.8 Å². The van der Waals surface area contributed by atoms with Crippen LogP contribution in [0.4, 0.5) is 11.4 Å². The molecule has 4 rings (SSSR count). The number of ether oxygens (including phenoxy) is 1. The van der Waals surface area contributed by atoms with Gasteiger partial charge in [0.2, 0.25) is 5.91 Å². The topological polar surface area (TPSA) is 84.5 Å². The smallest absolute Gasteiger partial charge is 0.338 e. The lowest BCUT2D eigenvalue weighted by Crippen LogP contribution is -2.22. The maximum atomic E-state index is 12.8. The zero-order chi connectivity index (χ0) is 25.5. The average Bonchev–Trinajstić information content (AvgIpc) is 2.89. The number of anilines is 2. The van der Waals surface area contributed by atoms with Crippen LogP contribution in [0.2, 0.25) is 0 Å². The van der Waals surface area contributed by atoms with Crippen molar-refractivity contribution in [1.82, 2.24) is 0 Å². The van der Waals surface area contributed by atoms with E-state index >= 15 is 0 Å². The van der Waals surface area contributed by atoms with Gasteiger partial charge in [-0.1, -0.05) is 36.4 Å². The molecule has 0 fully saturated rings. The van der Waals surface area contributed by atoms with Crippen LogP contribution < -0.4 is 10.6 Å². The Morgan fingerprint density at radius 1 is 0.778 bits per heavy atom. The van der Waals surface area contributed by atoms with Gasteiger partial charge in [-0.3, -0.25) is 9.59 Å². The quantitative estimate of drug-likeness (QED) is 0.217. The van der Waals surface area contributed by atoms with E-state index in [1.807, 2.05) is 73.7 Å². The number of carbonyl (C=O) groups is 3. The Morgan fingerprint density at radius 2 is 1.50 bits per heavy atom. The number of hydrogen-bond acceptors (Lipinski definition) is 5. The molecule has 0 aromatic heterocycles. The zero-order valence-electron chi connectivity index (χ0n) is 20.0. The van der Waals surface area contributed by atoms with Crippen molar-refractivity contribution in [3.63, 3.8) is 0 Å². The van der Waals surface area contributed by atoms with Gasteiger partial charge < -0.3 is 15.4 Å². The highest BCUT2D eigenvalue weighted by Gasteiger charge is 2.16. The molecule has 2 N–H and O–H groups in total. The van der Waals surface area contributed by atoms with Gasteiger partial charge in [-0.15, -0.1) is 11.8 Å². The van der Waals surface area contributed by atoms with Gasteiger partial charge in [0.15, 0.2) is 0 Å². The van der Waals surface area contributed by atoms with Crippen LogP contribution in [0.15, 0.2) is 95.9 Å². The third-order valence-electron chi connectivity index (χ3n) is 5.45. The summed E-state index contributed by atoms with van der Waals surface area (Å²) in [6.07, 6.45) is 0. The summed E-state index contributed by atoms with van der Waals surface area (Å²) >= 11 is 1.39. The standard InChI is InChI=1S/C29H26N2O4S/c1-3-35-29(34)21-13-15-24(16-14-21)30-27(32)19(2)36-26-10-6-9-25(18-26)31-28(33)23-12-11-20-7-4-5-8-22(20)17-23/h4-19H,3H2,1-2H3,(H,30,32)(H,31,33). The second-order valence-corrected chi connectivity index (χ2v) is 9.51. The second-order valence-electron chi connectivity index (χ2n) is 8.09. The van der Waals surface area contributed by atoms with Crippen LogP contribution in [0, 0.1) is 0 Å². The molecule has 4 aromatic rings. The van der Waals surface area contributed by atoms with Crippen molar-refractivity contribution in [1.29, 1.82) is 0 Å². The number of nitrogens with one attached hydrogen (secondary N) is 2. The van der Waals surface area contributed by atoms with E-state index in [0.717, 1.165) is 15.7 Å². The highest BCUT2D eigenvalue weighted by Crippen LogP contribution is 2.27. The van der Waals surface area contributed by atoms with Crippen molar-refractivity contribution in [2.45, 2.75) is 24.0 Å². The van der Waals surface area contributed by atoms with Gasteiger partial charge in [0.25, 0.3) is 5.91 Å². The number of fused-ring (bicyclic) bond motifs is 1. The Bertz CT molecular complexity index is 1400. The molecule has 1 unspecified atom stereocenters. The van der Waals surface area contributed by atoms with E-state index in [0.29, 0.717) is 29.1 Å². The predicted molar refractivity (Wildman–Crippen MR) is 145 cm³/mol. The number of hydrogen-bond donors (Lipinski definition) is 2. The van der Waals surface area contributed by atoms with Crippen molar-refractivity contribution in [3.8, 4) is 0 Å². The molecule has 0 aliphatic carbocycles. The second kappa shape index (κ2) is 11.6. The summed E-state index contributed by atoms with van der Waals surface area (Å²) in [7, 11) is 0. The first kappa shape index (κ1) is 25.0. The fraction of sp³-hybridized carbons (Fsp3) is 0.138. The van der Waals surface area contributed by atoms with Crippen LogP contribution >= 0.6 is 11.8 Å². The molecule has 0 saturated carbocycles.